The Hall–Kier alpha value is -4.28. The number of likely N-dealkylation sites (N-methyl/N-ethyl adjacent to an activating group) is 1. The summed E-state index contributed by atoms with van der Waals surface area (Å²) in [6, 6.07) is 17.9. The number of nitrogens with zero attached hydrogens (tertiary/aromatic N) is 4. The molecule has 0 aliphatic carbocycles. The highest BCUT2D eigenvalue weighted by Gasteiger charge is 2.32. The smallest absolute Gasteiger partial charge is 0.271 e. The predicted molar refractivity (Wildman–Crippen MR) is 154 cm³/mol. The van der Waals surface area contributed by atoms with E-state index in [0.29, 0.717) is 37.6 Å². The molecule has 1 fully saturated rings. The van der Waals surface area contributed by atoms with Gasteiger partial charge in [-0.25, -0.2) is 9.38 Å². The van der Waals surface area contributed by atoms with Crippen LogP contribution in [0.5, 0.6) is 0 Å². The van der Waals surface area contributed by atoms with E-state index in [-0.39, 0.29) is 11.5 Å². The predicted octanol–water partition coefficient (Wildman–Crippen LogP) is 3.36. The molecule has 1 saturated heterocycles. The molecule has 2 aromatic heterocycles. The lowest BCUT2D eigenvalue weighted by molar-refractivity contribution is -0.113. The summed E-state index contributed by atoms with van der Waals surface area (Å²) in [6.07, 6.45) is 1.72. The number of para-hydroxylation sites is 1. The van der Waals surface area contributed by atoms with Crippen LogP contribution in [-0.2, 0) is 4.79 Å². The number of hydrogen-bond donors (Lipinski definition) is 1. The molecule has 0 saturated carbocycles. The number of aromatic nitrogens is 1. The Balaban J connectivity index is 1.41. The van der Waals surface area contributed by atoms with E-state index >= 15 is 0 Å². The van der Waals surface area contributed by atoms with E-state index in [1.807, 2.05) is 30.3 Å². The van der Waals surface area contributed by atoms with E-state index in [2.05, 4.69) is 27.2 Å². The van der Waals surface area contributed by atoms with Crippen LogP contribution in [0.15, 0.2) is 92.2 Å². The number of benzene rings is 2. The summed E-state index contributed by atoms with van der Waals surface area (Å²) >= 11 is 1.23. The van der Waals surface area contributed by atoms with Gasteiger partial charge in [-0.05, 0) is 49.9 Å². The average molecular weight is 558 g/mol. The molecule has 4 heterocycles. The zero-order chi connectivity index (χ0) is 27.8. The Kier molecular flexibility index (Phi) is 6.95. The van der Waals surface area contributed by atoms with Crippen molar-refractivity contribution in [1.82, 2.24) is 9.47 Å². The number of allylic oxidation sites excluding steroid dienone is 1. The van der Waals surface area contributed by atoms with Crippen LogP contribution in [0.25, 0.3) is 6.08 Å². The molecule has 0 spiro atoms. The summed E-state index contributed by atoms with van der Waals surface area (Å²) < 4.78 is 21.9. The van der Waals surface area contributed by atoms with Gasteiger partial charge in [-0.1, -0.05) is 41.7 Å². The molecule has 2 aliphatic rings. The number of hydrogen-bond acceptors (Lipinski definition) is 7. The number of piperazine rings is 1. The van der Waals surface area contributed by atoms with Gasteiger partial charge < -0.3 is 19.5 Å². The van der Waals surface area contributed by atoms with Gasteiger partial charge in [0.25, 0.3) is 11.5 Å². The molecule has 0 bridgehead atoms. The molecule has 0 radical (unpaired) electrons. The summed E-state index contributed by atoms with van der Waals surface area (Å²) in [6.45, 7) is 5.41. The number of carbonyl (C=O) groups excluding carboxylic acids is 1. The van der Waals surface area contributed by atoms with Gasteiger partial charge in [0.1, 0.15) is 11.6 Å². The van der Waals surface area contributed by atoms with Crippen molar-refractivity contribution in [2.45, 2.75) is 13.0 Å². The van der Waals surface area contributed by atoms with E-state index in [0.717, 1.165) is 32.1 Å². The molecule has 204 valence electrons. The Morgan fingerprint density at radius 2 is 1.77 bits per heavy atom. The molecular formula is C30H28FN5O3S. The maximum absolute atomic E-state index is 13.9. The zero-order valence-electron chi connectivity index (χ0n) is 22.1. The van der Waals surface area contributed by atoms with Crippen molar-refractivity contribution in [3.05, 3.63) is 115 Å². The summed E-state index contributed by atoms with van der Waals surface area (Å²) in [5, 5.41) is 2.91. The highest BCUT2D eigenvalue weighted by Crippen LogP contribution is 2.31. The largest absolute Gasteiger partial charge is 0.441 e. The number of fused-ring (bicyclic) bond motifs is 1. The number of amides is 1. The van der Waals surface area contributed by atoms with E-state index in [9.17, 15) is 14.0 Å². The minimum absolute atomic E-state index is 0.298. The van der Waals surface area contributed by atoms with Gasteiger partial charge in [-0.2, -0.15) is 0 Å². The molecule has 0 unspecified atom stereocenters. The Morgan fingerprint density at radius 3 is 2.50 bits per heavy atom. The second kappa shape index (κ2) is 10.7. The van der Waals surface area contributed by atoms with Crippen LogP contribution in [0.1, 0.15) is 24.3 Å². The highest BCUT2D eigenvalue weighted by molar-refractivity contribution is 7.07. The van der Waals surface area contributed by atoms with Crippen molar-refractivity contribution in [3.8, 4) is 0 Å². The van der Waals surface area contributed by atoms with Gasteiger partial charge >= 0.3 is 0 Å². The van der Waals surface area contributed by atoms with E-state index in [1.54, 1.807) is 37.3 Å². The second-order valence-electron chi connectivity index (χ2n) is 9.92. The third-order valence-corrected chi connectivity index (χ3v) is 8.17. The van der Waals surface area contributed by atoms with Gasteiger partial charge in [0.15, 0.2) is 10.7 Å². The molecule has 8 nitrogen and oxygen atoms in total. The monoisotopic (exact) mass is 557 g/mol. The summed E-state index contributed by atoms with van der Waals surface area (Å²) in [5.74, 6) is 0.558. The first-order chi connectivity index (χ1) is 19.4. The normalized spacial score (nSPS) is 18.0. The van der Waals surface area contributed by atoms with Gasteiger partial charge in [0.2, 0.25) is 0 Å². The van der Waals surface area contributed by atoms with E-state index < -0.39 is 11.9 Å². The fraction of sp³-hybridized carbons (Fsp3) is 0.233. The van der Waals surface area contributed by atoms with Crippen LogP contribution >= 0.6 is 11.3 Å². The average Bonchev–Trinajstić information content (AvgIpc) is 3.53. The first kappa shape index (κ1) is 26.0. The second-order valence-corrected chi connectivity index (χ2v) is 10.9. The number of rotatable bonds is 5. The van der Waals surface area contributed by atoms with Crippen LogP contribution in [0, 0.1) is 5.82 Å². The van der Waals surface area contributed by atoms with Crippen molar-refractivity contribution >= 4 is 34.9 Å². The zero-order valence-corrected chi connectivity index (χ0v) is 23.0. The maximum Gasteiger partial charge on any atom is 0.271 e. The fourth-order valence-electron chi connectivity index (χ4n) is 5.04. The van der Waals surface area contributed by atoms with Crippen molar-refractivity contribution in [1.29, 1.82) is 0 Å². The lowest BCUT2D eigenvalue weighted by atomic mass is 9.95. The van der Waals surface area contributed by atoms with E-state index in [4.69, 9.17) is 4.42 Å². The molecule has 1 N–H and O–H groups in total. The number of anilines is 2. The van der Waals surface area contributed by atoms with Gasteiger partial charge in [0.05, 0.1) is 21.8 Å². The number of halogens is 1. The third-order valence-electron chi connectivity index (χ3n) is 7.18. The lowest BCUT2D eigenvalue weighted by Crippen LogP contribution is -2.44. The van der Waals surface area contributed by atoms with Crippen molar-refractivity contribution in [2.24, 2.45) is 4.99 Å². The summed E-state index contributed by atoms with van der Waals surface area (Å²) in [5.41, 5.74) is 1.75. The minimum Gasteiger partial charge on any atom is -0.441 e. The minimum atomic E-state index is -0.778. The van der Waals surface area contributed by atoms with Gasteiger partial charge in [-0.15, -0.1) is 0 Å². The molecule has 6 rings (SSSR count). The van der Waals surface area contributed by atoms with Gasteiger partial charge in [0, 0.05) is 44.0 Å². The standard InChI is InChI=1S/C30H28FN5O3S/c1-19-26(28(37)33-22-6-4-3-5-7-22)27(20-8-10-21(31)11-9-20)36-29(38)24(40-30(36)32-19)18-23-12-13-25(39-23)35-16-14-34(2)15-17-35/h3-13,18,27H,14-17H2,1-2H3,(H,33,37)/b24-18+/t27-/m1/s1. The molecule has 2 aromatic carbocycles. The number of nitrogens with one attached hydrogen (secondary N) is 1. The number of thiazole rings is 1. The van der Waals surface area contributed by atoms with E-state index in [1.165, 1.54) is 28.0 Å². The molecule has 4 aromatic rings. The fourth-order valence-corrected chi connectivity index (χ4v) is 6.06. The Labute approximate surface area is 234 Å². The van der Waals surface area contributed by atoms with Crippen molar-refractivity contribution in [2.75, 3.05) is 43.4 Å². The quantitative estimate of drug-likeness (QED) is 0.407. The van der Waals surface area contributed by atoms with Crippen LogP contribution in [0.2, 0.25) is 0 Å². The van der Waals surface area contributed by atoms with Crippen LogP contribution < -0.4 is 25.1 Å². The first-order valence-electron chi connectivity index (χ1n) is 13.0. The topological polar surface area (TPSA) is 83.1 Å². The number of carbonyl (C=O) groups is 1. The molecule has 40 heavy (non-hydrogen) atoms. The Morgan fingerprint density at radius 1 is 1.05 bits per heavy atom. The lowest BCUT2D eigenvalue weighted by Gasteiger charge is -2.32. The third kappa shape index (κ3) is 5.03. The highest BCUT2D eigenvalue weighted by atomic mass is 32.1. The van der Waals surface area contributed by atoms with Crippen molar-refractivity contribution < 1.29 is 13.6 Å². The number of furan rings is 1. The molecular weight excluding hydrogens is 529 g/mol. The molecule has 2 aliphatic heterocycles. The SMILES string of the molecule is CC1=C(C(=O)Nc2ccccc2)[C@@H](c2ccc(F)cc2)n2c(s/c(=C/c3ccc(N4CCN(C)CC4)o3)c2=O)=N1. The summed E-state index contributed by atoms with van der Waals surface area (Å²) in [4.78, 5) is 37.0. The van der Waals surface area contributed by atoms with Crippen LogP contribution in [-0.4, -0.2) is 48.6 Å². The van der Waals surface area contributed by atoms with Gasteiger partial charge in [-0.3, -0.25) is 14.2 Å². The Bertz CT molecular complexity index is 1760. The molecule has 10 heteroatoms. The molecule has 1 amide bonds. The maximum atomic E-state index is 13.9. The van der Waals surface area contributed by atoms with Crippen molar-refractivity contribution in [3.63, 3.8) is 0 Å². The summed E-state index contributed by atoms with van der Waals surface area (Å²) in [7, 11) is 2.10. The van der Waals surface area contributed by atoms with Crippen LogP contribution in [0.4, 0.5) is 16.0 Å². The van der Waals surface area contributed by atoms with Crippen LogP contribution in [0.3, 0.4) is 0 Å². The molecule has 1 atom stereocenters. The first-order valence-corrected chi connectivity index (χ1v) is 13.9.